The number of halogens is 1. The monoisotopic (exact) mass is 264 g/mol. The summed E-state index contributed by atoms with van der Waals surface area (Å²) >= 11 is 3.33. The summed E-state index contributed by atoms with van der Waals surface area (Å²) in [5, 5.41) is 4.26. The molecule has 2 aromatic rings. The molecular weight excluding hydrogens is 256 g/mol. The Bertz CT molecular complexity index is 505. The second-order valence-corrected chi connectivity index (χ2v) is 4.14. The Kier molecular flexibility index (Phi) is 2.68. The van der Waals surface area contributed by atoms with E-state index in [1.807, 2.05) is 31.3 Å². The van der Waals surface area contributed by atoms with E-state index in [1.54, 1.807) is 10.7 Å². The van der Waals surface area contributed by atoms with Crippen LogP contribution in [0.4, 0.5) is 0 Å². The molecule has 0 aliphatic heterocycles. The van der Waals surface area contributed by atoms with Crippen LogP contribution in [0.1, 0.15) is 16.1 Å². The van der Waals surface area contributed by atoms with Gasteiger partial charge in [-0.3, -0.25) is 4.79 Å². The van der Waals surface area contributed by atoms with Crippen molar-refractivity contribution < 1.29 is 4.79 Å². The lowest BCUT2D eigenvalue weighted by molar-refractivity contribution is 0.112. The van der Waals surface area contributed by atoms with Crippen LogP contribution in [0, 0.1) is 6.92 Å². The third-order valence-electron chi connectivity index (χ3n) is 2.09. The van der Waals surface area contributed by atoms with Crippen molar-refractivity contribution in [3.8, 4) is 5.69 Å². The maximum atomic E-state index is 10.9. The molecule has 1 aromatic heterocycles. The zero-order valence-electron chi connectivity index (χ0n) is 8.14. The van der Waals surface area contributed by atoms with E-state index in [0.717, 1.165) is 22.1 Å². The molecule has 0 aliphatic rings. The summed E-state index contributed by atoms with van der Waals surface area (Å²) in [5.41, 5.74) is 2.34. The molecule has 4 heteroatoms. The normalized spacial score (nSPS) is 10.3. The van der Waals surface area contributed by atoms with Gasteiger partial charge >= 0.3 is 0 Å². The largest absolute Gasteiger partial charge is 0.298 e. The zero-order chi connectivity index (χ0) is 10.8. The Morgan fingerprint density at radius 2 is 2.20 bits per heavy atom. The molecule has 0 radical (unpaired) electrons. The molecule has 1 heterocycles. The molecule has 1 aromatic carbocycles. The summed E-state index contributed by atoms with van der Waals surface area (Å²) in [7, 11) is 0. The van der Waals surface area contributed by atoms with Gasteiger partial charge in [0.25, 0.3) is 0 Å². The molecule has 3 nitrogen and oxygen atoms in total. The summed E-state index contributed by atoms with van der Waals surface area (Å²) in [5.74, 6) is 0. The van der Waals surface area contributed by atoms with Crippen molar-refractivity contribution in [2.24, 2.45) is 0 Å². The first-order chi connectivity index (χ1) is 7.20. The standard InChI is InChI=1S/C11H9BrN2O/c1-8-4-5-14(13-8)11-3-2-10(12)6-9(11)7-15/h2-7H,1H3. The van der Waals surface area contributed by atoms with Crippen LogP contribution in [0.25, 0.3) is 5.69 Å². The molecule has 0 saturated heterocycles. The SMILES string of the molecule is Cc1ccn(-c2ccc(Br)cc2C=O)n1. The Labute approximate surface area is 95.9 Å². The number of hydrogen-bond acceptors (Lipinski definition) is 2. The molecule has 76 valence electrons. The van der Waals surface area contributed by atoms with Crippen LogP contribution in [0.3, 0.4) is 0 Å². The van der Waals surface area contributed by atoms with Crippen molar-refractivity contribution in [1.82, 2.24) is 9.78 Å². The Morgan fingerprint density at radius 1 is 1.40 bits per heavy atom. The van der Waals surface area contributed by atoms with Gasteiger partial charge in [-0.25, -0.2) is 4.68 Å². The fourth-order valence-electron chi connectivity index (χ4n) is 1.38. The van der Waals surface area contributed by atoms with Gasteiger partial charge < -0.3 is 0 Å². The molecule has 0 N–H and O–H groups in total. The van der Waals surface area contributed by atoms with E-state index in [2.05, 4.69) is 21.0 Å². The van der Waals surface area contributed by atoms with Crippen LogP contribution in [0.15, 0.2) is 34.9 Å². The Hall–Kier alpha value is -1.42. The predicted octanol–water partition coefficient (Wildman–Crippen LogP) is 2.76. The maximum absolute atomic E-state index is 10.9. The number of rotatable bonds is 2. The summed E-state index contributed by atoms with van der Waals surface area (Å²) < 4.78 is 2.59. The summed E-state index contributed by atoms with van der Waals surface area (Å²) in [6.07, 6.45) is 2.67. The third kappa shape index (κ3) is 1.99. The first-order valence-corrected chi connectivity index (χ1v) is 5.27. The Balaban J connectivity index is 2.57. The van der Waals surface area contributed by atoms with Gasteiger partial charge in [0.15, 0.2) is 6.29 Å². The van der Waals surface area contributed by atoms with Crippen molar-refractivity contribution in [1.29, 1.82) is 0 Å². The summed E-state index contributed by atoms with van der Waals surface area (Å²) in [4.78, 5) is 10.9. The number of hydrogen-bond donors (Lipinski definition) is 0. The fraction of sp³-hybridized carbons (Fsp3) is 0.0909. The van der Waals surface area contributed by atoms with Crippen molar-refractivity contribution in [3.63, 3.8) is 0 Å². The molecular formula is C11H9BrN2O. The van der Waals surface area contributed by atoms with Crippen LogP contribution >= 0.6 is 15.9 Å². The average molecular weight is 265 g/mol. The second-order valence-electron chi connectivity index (χ2n) is 3.22. The quantitative estimate of drug-likeness (QED) is 0.782. The highest BCUT2D eigenvalue weighted by Crippen LogP contribution is 2.18. The molecule has 0 spiro atoms. The maximum Gasteiger partial charge on any atom is 0.152 e. The van der Waals surface area contributed by atoms with E-state index >= 15 is 0 Å². The van der Waals surface area contributed by atoms with E-state index in [9.17, 15) is 4.79 Å². The van der Waals surface area contributed by atoms with Gasteiger partial charge in [0, 0.05) is 16.2 Å². The molecule has 0 unspecified atom stereocenters. The van der Waals surface area contributed by atoms with Gasteiger partial charge in [0.2, 0.25) is 0 Å². The fourth-order valence-corrected chi connectivity index (χ4v) is 1.76. The lowest BCUT2D eigenvalue weighted by Gasteiger charge is -2.04. The van der Waals surface area contributed by atoms with Crippen LogP contribution in [0.5, 0.6) is 0 Å². The molecule has 0 fully saturated rings. The van der Waals surface area contributed by atoms with Crippen LogP contribution in [-0.4, -0.2) is 16.1 Å². The van der Waals surface area contributed by atoms with E-state index in [0.29, 0.717) is 5.56 Å². The van der Waals surface area contributed by atoms with Crippen molar-refractivity contribution in [3.05, 3.63) is 46.2 Å². The number of carbonyl (C=O) groups is 1. The van der Waals surface area contributed by atoms with Gasteiger partial charge in [-0.05, 0) is 31.2 Å². The number of aromatic nitrogens is 2. The van der Waals surface area contributed by atoms with E-state index in [4.69, 9.17) is 0 Å². The molecule has 15 heavy (non-hydrogen) atoms. The molecule has 0 bridgehead atoms. The smallest absolute Gasteiger partial charge is 0.152 e. The Morgan fingerprint density at radius 3 is 2.80 bits per heavy atom. The van der Waals surface area contributed by atoms with Crippen molar-refractivity contribution in [2.75, 3.05) is 0 Å². The van der Waals surface area contributed by atoms with Crippen LogP contribution in [-0.2, 0) is 0 Å². The van der Waals surface area contributed by atoms with Gasteiger partial charge in [-0.15, -0.1) is 0 Å². The number of nitrogens with zero attached hydrogens (tertiary/aromatic N) is 2. The topological polar surface area (TPSA) is 34.9 Å². The predicted molar refractivity (Wildman–Crippen MR) is 61.4 cm³/mol. The van der Waals surface area contributed by atoms with E-state index in [-0.39, 0.29) is 0 Å². The lowest BCUT2D eigenvalue weighted by atomic mass is 10.2. The highest BCUT2D eigenvalue weighted by atomic mass is 79.9. The first kappa shape index (κ1) is 10.1. The number of carbonyl (C=O) groups excluding carboxylic acids is 1. The molecule has 0 amide bonds. The second kappa shape index (κ2) is 3.98. The highest BCUT2D eigenvalue weighted by Gasteiger charge is 2.05. The number of benzene rings is 1. The minimum Gasteiger partial charge on any atom is -0.298 e. The molecule has 0 atom stereocenters. The van der Waals surface area contributed by atoms with Crippen molar-refractivity contribution in [2.45, 2.75) is 6.92 Å². The summed E-state index contributed by atoms with van der Waals surface area (Å²) in [6, 6.07) is 7.43. The first-order valence-electron chi connectivity index (χ1n) is 4.48. The number of aryl methyl sites for hydroxylation is 1. The van der Waals surface area contributed by atoms with Gasteiger partial charge in [0.1, 0.15) is 0 Å². The van der Waals surface area contributed by atoms with E-state index in [1.165, 1.54) is 0 Å². The van der Waals surface area contributed by atoms with Crippen LogP contribution < -0.4 is 0 Å². The van der Waals surface area contributed by atoms with Gasteiger partial charge in [-0.1, -0.05) is 15.9 Å². The molecule has 2 rings (SSSR count). The minimum absolute atomic E-state index is 0.618. The number of aldehydes is 1. The highest BCUT2D eigenvalue weighted by molar-refractivity contribution is 9.10. The van der Waals surface area contributed by atoms with Gasteiger partial charge in [-0.2, -0.15) is 5.10 Å². The van der Waals surface area contributed by atoms with Crippen LogP contribution in [0.2, 0.25) is 0 Å². The minimum atomic E-state index is 0.618. The summed E-state index contributed by atoms with van der Waals surface area (Å²) in [6.45, 7) is 1.91. The average Bonchev–Trinajstić information content (AvgIpc) is 2.64. The van der Waals surface area contributed by atoms with Crippen molar-refractivity contribution >= 4 is 22.2 Å². The molecule has 0 aliphatic carbocycles. The third-order valence-corrected chi connectivity index (χ3v) is 2.58. The lowest BCUT2D eigenvalue weighted by Crippen LogP contribution is -1.99. The zero-order valence-corrected chi connectivity index (χ0v) is 9.73. The van der Waals surface area contributed by atoms with E-state index < -0.39 is 0 Å². The molecule has 0 saturated carbocycles. The van der Waals surface area contributed by atoms with Gasteiger partial charge in [0.05, 0.1) is 11.4 Å².